The van der Waals surface area contributed by atoms with Crippen molar-refractivity contribution in [2.24, 2.45) is 0 Å². The molecule has 0 bridgehead atoms. The fraction of sp³-hybridized carbons (Fsp3) is 0.533. The molecule has 1 aliphatic rings. The van der Waals surface area contributed by atoms with E-state index in [1.807, 2.05) is 22.9 Å². The molecule has 0 amide bonds. The predicted octanol–water partition coefficient (Wildman–Crippen LogP) is 1.57. The lowest BCUT2D eigenvalue weighted by molar-refractivity contribution is -0.137. The third-order valence-electron chi connectivity index (χ3n) is 3.52. The van der Waals surface area contributed by atoms with Gasteiger partial charge in [0.25, 0.3) is 0 Å². The first-order valence-corrected chi connectivity index (χ1v) is 7.07. The highest BCUT2D eigenvalue weighted by Gasteiger charge is 2.16. The zero-order valence-electron chi connectivity index (χ0n) is 12.2. The molecule has 0 unspecified atom stereocenters. The highest BCUT2D eigenvalue weighted by Crippen LogP contribution is 2.22. The van der Waals surface area contributed by atoms with Crippen LogP contribution in [0.1, 0.15) is 12.0 Å². The summed E-state index contributed by atoms with van der Waals surface area (Å²) < 4.78 is 19.3. The molecular formula is C15H21FN2O3. The first kappa shape index (κ1) is 15.7. The number of carbonyl (C=O) groups is 1. The van der Waals surface area contributed by atoms with Crippen molar-refractivity contribution in [2.45, 2.75) is 13.0 Å². The smallest absolute Gasteiger partial charge is 0.304 e. The van der Waals surface area contributed by atoms with Gasteiger partial charge in [-0.3, -0.25) is 4.79 Å². The first-order valence-electron chi connectivity index (χ1n) is 7.07. The van der Waals surface area contributed by atoms with Crippen molar-refractivity contribution < 1.29 is 19.0 Å². The molecule has 21 heavy (non-hydrogen) atoms. The minimum absolute atomic E-state index is 0.105. The van der Waals surface area contributed by atoms with Gasteiger partial charge in [0.05, 0.1) is 25.3 Å². The number of hydrogen-bond donors (Lipinski definition) is 1. The van der Waals surface area contributed by atoms with E-state index in [1.54, 1.807) is 6.07 Å². The van der Waals surface area contributed by atoms with E-state index in [-0.39, 0.29) is 12.2 Å². The van der Waals surface area contributed by atoms with E-state index in [1.165, 1.54) is 6.07 Å². The Bertz CT molecular complexity index is 490. The second-order valence-corrected chi connectivity index (χ2v) is 5.27. The number of nitrogens with zero attached hydrogens (tertiary/aromatic N) is 2. The Balaban J connectivity index is 2.02. The molecule has 0 radical (unpaired) electrons. The number of halogens is 1. The molecule has 1 N–H and O–H groups in total. The second kappa shape index (κ2) is 7.38. The van der Waals surface area contributed by atoms with E-state index in [9.17, 15) is 9.18 Å². The number of benzene rings is 1. The van der Waals surface area contributed by atoms with Crippen molar-refractivity contribution in [2.75, 3.05) is 44.8 Å². The molecule has 1 aromatic carbocycles. The number of ether oxygens (including phenoxy) is 1. The first-order chi connectivity index (χ1) is 10.1. The molecule has 6 heteroatoms. The number of anilines is 1. The molecule has 116 valence electrons. The fourth-order valence-electron chi connectivity index (χ4n) is 2.38. The summed E-state index contributed by atoms with van der Waals surface area (Å²) in [4.78, 5) is 14.5. The fourth-order valence-corrected chi connectivity index (χ4v) is 2.38. The van der Waals surface area contributed by atoms with E-state index in [0.29, 0.717) is 45.1 Å². The number of carboxylic acids is 1. The van der Waals surface area contributed by atoms with Crippen LogP contribution in [0.25, 0.3) is 0 Å². The largest absolute Gasteiger partial charge is 0.481 e. The number of morpholine rings is 1. The Morgan fingerprint density at radius 1 is 1.43 bits per heavy atom. The third-order valence-corrected chi connectivity index (χ3v) is 3.52. The summed E-state index contributed by atoms with van der Waals surface area (Å²) in [6.07, 6.45) is 0.105. The van der Waals surface area contributed by atoms with Crippen molar-refractivity contribution in [1.82, 2.24) is 4.90 Å². The Morgan fingerprint density at radius 2 is 2.14 bits per heavy atom. The van der Waals surface area contributed by atoms with Gasteiger partial charge in [0.1, 0.15) is 5.82 Å². The Hall–Kier alpha value is -1.66. The van der Waals surface area contributed by atoms with E-state index < -0.39 is 5.97 Å². The molecule has 0 aliphatic carbocycles. The van der Waals surface area contributed by atoms with Crippen molar-refractivity contribution in [3.8, 4) is 0 Å². The molecule has 0 aromatic heterocycles. The number of rotatable bonds is 6. The maximum absolute atomic E-state index is 14.0. The van der Waals surface area contributed by atoms with Gasteiger partial charge in [-0.1, -0.05) is 6.07 Å². The van der Waals surface area contributed by atoms with Crippen molar-refractivity contribution in [3.63, 3.8) is 0 Å². The summed E-state index contributed by atoms with van der Waals surface area (Å²) >= 11 is 0. The quantitative estimate of drug-likeness (QED) is 0.863. The zero-order valence-corrected chi connectivity index (χ0v) is 12.2. The average Bonchev–Trinajstić information content (AvgIpc) is 2.48. The summed E-state index contributed by atoms with van der Waals surface area (Å²) in [5.74, 6) is -1.04. The van der Waals surface area contributed by atoms with Gasteiger partial charge < -0.3 is 19.6 Å². The summed E-state index contributed by atoms with van der Waals surface area (Å²) in [7, 11) is 1.86. The summed E-state index contributed by atoms with van der Waals surface area (Å²) in [6.45, 7) is 3.68. The number of hydrogen-bond acceptors (Lipinski definition) is 4. The second-order valence-electron chi connectivity index (χ2n) is 5.27. The van der Waals surface area contributed by atoms with Crippen LogP contribution in [-0.4, -0.2) is 55.9 Å². The molecule has 5 nitrogen and oxygen atoms in total. The molecule has 0 spiro atoms. The molecule has 1 saturated heterocycles. The SMILES string of the molecule is CN(CCC(=O)O)Cc1ccc(F)c(N2CCOCC2)c1. The van der Waals surface area contributed by atoms with Gasteiger partial charge >= 0.3 is 5.97 Å². The summed E-state index contributed by atoms with van der Waals surface area (Å²) in [6, 6.07) is 5.07. The summed E-state index contributed by atoms with van der Waals surface area (Å²) in [5, 5.41) is 8.68. The lowest BCUT2D eigenvalue weighted by Crippen LogP contribution is -2.36. The maximum Gasteiger partial charge on any atom is 0.304 e. The van der Waals surface area contributed by atoms with E-state index in [0.717, 1.165) is 5.56 Å². The number of aliphatic carboxylic acids is 1. The standard InChI is InChI=1S/C15H21FN2O3/c1-17(5-4-15(19)20)11-12-2-3-13(16)14(10-12)18-6-8-21-9-7-18/h2-3,10H,4-9,11H2,1H3,(H,19,20). The van der Waals surface area contributed by atoms with Crippen LogP contribution in [0.4, 0.5) is 10.1 Å². The Kier molecular flexibility index (Phi) is 5.52. The third kappa shape index (κ3) is 4.68. The van der Waals surface area contributed by atoms with Crippen molar-refractivity contribution >= 4 is 11.7 Å². The van der Waals surface area contributed by atoms with Crippen LogP contribution < -0.4 is 4.90 Å². The van der Waals surface area contributed by atoms with Gasteiger partial charge in [-0.2, -0.15) is 0 Å². The van der Waals surface area contributed by atoms with Crippen LogP contribution in [-0.2, 0) is 16.1 Å². The Labute approximate surface area is 123 Å². The van der Waals surface area contributed by atoms with Gasteiger partial charge in [0.15, 0.2) is 0 Å². The zero-order chi connectivity index (χ0) is 15.2. The van der Waals surface area contributed by atoms with Crippen molar-refractivity contribution in [3.05, 3.63) is 29.6 Å². The Morgan fingerprint density at radius 3 is 2.81 bits per heavy atom. The predicted molar refractivity (Wildman–Crippen MR) is 78.0 cm³/mol. The van der Waals surface area contributed by atoms with Crippen LogP contribution in [0.5, 0.6) is 0 Å². The maximum atomic E-state index is 14.0. The number of carboxylic acid groups (broad SMARTS) is 1. The molecular weight excluding hydrogens is 275 g/mol. The minimum Gasteiger partial charge on any atom is -0.481 e. The normalized spacial score (nSPS) is 15.5. The van der Waals surface area contributed by atoms with Gasteiger partial charge in [0.2, 0.25) is 0 Å². The molecule has 0 atom stereocenters. The minimum atomic E-state index is -0.810. The average molecular weight is 296 g/mol. The molecule has 1 aromatic rings. The van der Waals surface area contributed by atoms with E-state index in [4.69, 9.17) is 9.84 Å². The highest BCUT2D eigenvalue weighted by molar-refractivity contribution is 5.66. The van der Waals surface area contributed by atoms with Crippen molar-refractivity contribution in [1.29, 1.82) is 0 Å². The van der Waals surface area contributed by atoms with Crippen LogP contribution in [0.3, 0.4) is 0 Å². The highest BCUT2D eigenvalue weighted by atomic mass is 19.1. The summed E-state index contributed by atoms with van der Waals surface area (Å²) in [5.41, 5.74) is 1.58. The molecule has 2 rings (SSSR count). The van der Waals surface area contributed by atoms with Crippen LogP contribution in [0.2, 0.25) is 0 Å². The van der Waals surface area contributed by atoms with E-state index >= 15 is 0 Å². The molecule has 1 aliphatic heterocycles. The van der Waals surface area contributed by atoms with Gasteiger partial charge in [-0.25, -0.2) is 4.39 Å². The molecule has 0 saturated carbocycles. The van der Waals surface area contributed by atoms with Gasteiger partial charge in [-0.05, 0) is 24.7 Å². The molecule has 1 heterocycles. The van der Waals surface area contributed by atoms with Gasteiger partial charge in [0, 0.05) is 26.2 Å². The monoisotopic (exact) mass is 296 g/mol. The van der Waals surface area contributed by atoms with Gasteiger partial charge in [-0.15, -0.1) is 0 Å². The van der Waals surface area contributed by atoms with Crippen LogP contribution in [0, 0.1) is 5.82 Å². The van der Waals surface area contributed by atoms with Crippen LogP contribution >= 0.6 is 0 Å². The lowest BCUT2D eigenvalue weighted by Gasteiger charge is -2.29. The van der Waals surface area contributed by atoms with E-state index in [2.05, 4.69) is 0 Å². The van der Waals surface area contributed by atoms with Crippen LogP contribution in [0.15, 0.2) is 18.2 Å². The molecule has 1 fully saturated rings. The lowest BCUT2D eigenvalue weighted by atomic mass is 10.1. The topological polar surface area (TPSA) is 53.0 Å².